The second kappa shape index (κ2) is 5.74. The van der Waals surface area contributed by atoms with Gasteiger partial charge in [-0.3, -0.25) is 0 Å². The minimum atomic E-state index is 0. The van der Waals surface area contributed by atoms with Gasteiger partial charge in [-0.1, -0.05) is 31.2 Å². The van der Waals surface area contributed by atoms with Crippen molar-refractivity contribution in [3.05, 3.63) is 65.6 Å². The Bertz CT molecular complexity index is 417. The predicted molar refractivity (Wildman–Crippen MR) is 63.3 cm³/mol. The molecule has 0 amide bonds. The van der Waals surface area contributed by atoms with Crippen molar-refractivity contribution in [1.29, 1.82) is 0 Å². The molecule has 0 spiro atoms. The summed E-state index contributed by atoms with van der Waals surface area (Å²) >= 11 is 0. The van der Waals surface area contributed by atoms with Crippen LogP contribution in [0.3, 0.4) is 0 Å². The number of benzene rings is 2. The number of hydrogen-bond donors (Lipinski definition) is 2. The molecule has 0 aromatic heterocycles. The predicted octanol–water partition coefficient (Wildman–Crippen LogP) is 3.09. The first-order chi connectivity index (χ1) is 7.66. The Morgan fingerprint density at radius 2 is 1.00 bits per heavy atom. The zero-order chi connectivity index (χ0) is 11.5. The summed E-state index contributed by atoms with van der Waals surface area (Å²) in [6, 6.07) is 14.2. The van der Waals surface area contributed by atoms with Gasteiger partial charge in [0.15, 0.2) is 0 Å². The molecule has 0 unspecified atom stereocenters. The summed E-state index contributed by atoms with van der Waals surface area (Å²) in [6.07, 6.45) is 0. The van der Waals surface area contributed by atoms with Gasteiger partial charge in [0.1, 0.15) is 11.5 Å². The molecule has 0 aliphatic carbocycles. The van der Waals surface area contributed by atoms with E-state index >= 15 is 0 Å². The first-order valence-electron chi connectivity index (χ1n) is 5.09. The van der Waals surface area contributed by atoms with Crippen molar-refractivity contribution in [2.24, 2.45) is 0 Å². The smallest absolute Gasteiger partial charge is 0.509 e. The normalized spacial score (nSPS) is 9.47. The Morgan fingerprint density at radius 1 is 0.706 bits per heavy atom. The molecule has 2 aromatic carbocycles. The topological polar surface area (TPSA) is 40.5 Å². The standard InChI is InChI=1S/C14H13O2.Rh/c1-10(11-2-6-13(15)7-3-11)12-4-8-14(16)9-5-12;/h2-9,15-16H,1H3;/q-1;+2. The molecule has 0 heterocycles. The van der Waals surface area contributed by atoms with Gasteiger partial charge in [0.2, 0.25) is 0 Å². The molecule has 0 fully saturated rings. The van der Waals surface area contributed by atoms with E-state index in [1.165, 1.54) is 0 Å². The SMILES string of the molecule is C[C-](c1ccc(O)cc1)c1ccc(O)cc1.[Rh+2]. The monoisotopic (exact) mass is 316 g/mol. The second-order valence-corrected chi connectivity index (χ2v) is 3.72. The Morgan fingerprint density at radius 3 is 1.29 bits per heavy atom. The molecule has 89 valence electrons. The van der Waals surface area contributed by atoms with Gasteiger partial charge in [0.05, 0.1) is 0 Å². The average molecular weight is 316 g/mol. The zero-order valence-electron chi connectivity index (χ0n) is 9.35. The van der Waals surface area contributed by atoms with Crippen LogP contribution in [0.15, 0.2) is 48.5 Å². The van der Waals surface area contributed by atoms with Crippen molar-refractivity contribution in [3.63, 3.8) is 0 Å². The number of hydrogen-bond acceptors (Lipinski definition) is 2. The third kappa shape index (κ3) is 3.24. The van der Waals surface area contributed by atoms with Crippen molar-refractivity contribution >= 4 is 0 Å². The summed E-state index contributed by atoms with van der Waals surface area (Å²) in [6.45, 7) is 2.01. The van der Waals surface area contributed by atoms with E-state index in [1.54, 1.807) is 24.3 Å². The van der Waals surface area contributed by atoms with Gasteiger partial charge in [-0.05, 0) is 0 Å². The van der Waals surface area contributed by atoms with Crippen LogP contribution < -0.4 is 0 Å². The fraction of sp³-hybridized carbons (Fsp3) is 0.0714. The Hall–Kier alpha value is -1.47. The summed E-state index contributed by atoms with van der Waals surface area (Å²) in [5.74, 6) is 1.64. The van der Waals surface area contributed by atoms with E-state index < -0.39 is 0 Å². The molecule has 1 radical (unpaired) electrons. The first kappa shape index (κ1) is 13.6. The molecule has 2 rings (SSSR count). The van der Waals surface area contributed by atoms with Crippen LogP contribution in [-0.4, -0.2) is 10.2 Å². The number of phenols is 2. The van der Waals surface area contributed by atoms with Gasteiger partial charge in [-0.15, -0.1) is 41.3 Å². The minimum absolute atomic E-state index is 0. The van der Waals surface area contributed by atoms with E-state index in [0.29, 0.717) is 0 Å². The van der Waals surface area contributed by atoms with Crippen LogP contribution in [0, 0.1) is 5.92 Å². The van der Waals surface area contributed by atoms with E-state index in [9.17, 15) is 10.2 Å². The molecule has 3 heteroatoms. The van der Waals surface area contributed by atoms with Crippen LogP contribution in [0.1, 0.15) is 18.1 Å². The molecule has 0 bridgehead atoms. The molecule has 0 saturated heterocycles. The number of phenolic OH excluding ortho intramolecular Hbond substituents is 2. The Kier molecular flexibility index (Phi) is 4.59. The summed E-state index contributed by atoms with van der Waals surface area (Å²) < 4.78 is 0. The largest absolute Gasteiger partial charge is 2.00 e. The van der Waals surface area contributed by atoms with Crippen molar-refractivity contribution in [2.45, 2.75) is 6.92 Å². The van der Waals surface area contributed by atoms with Crippen molar-refractivity contribution in [1.82, 2.24) is 0 Å². The van der Waals surface area contributed by atoms with Crippen molar-refractivity contribution in [3.8, 4) is 11.5 Å². The third-order valence-corrected chi connectivity index (χ3v) is 2.60. The van der Waals surface area contributed by atoms with E-state index in [-0.39, 0.29) is 31.0 Å². The van der Waals surface area contributed by atoms with Crippen molar-refractivity contribution in [2.75, 3.05) is 0 Å². The quantitative estimate of drug-likeness (QED) is 0.660. The number of aromatic hydroxyl groups is 2. The van der Waals surface area contributed by atoms with Crippen LogP contribution in [-0.2, 0) is 19.5 Å². The third-order valence-electron chi connectivity index (χ3n) is 2.60. The maximum atomic E-state index is 9.20. The molecule has 2 nitrogen and oxygen atoms in total. The molecular weight excluding hydrogens is 303 g/mol. The average Bonchev–Trinajstić information content (AvgIpc) is 2.30. The van der Waals surface area contributed by atoms with Gasteiger partial charge in [0.25, 0.3) is 0 Å². The van der Waals surface area contributed by atoms with Gasteiger partial charge < -0.3 is 10.2 Å². The summed E-state index contributed by atoms with van der Waals surface area (Å²) in [4.78, 5) is 0. The Balaban J connectivity index is 0.00000144. The summed E-state index contributed by atoms with van der Waals surface area (Å²) in [5, 5.41) is 18.4. The van der Waals surface area contributed by atoms with Crippen LogP contribution in [0.4, 0.5) is 0 Å². The van der Waals surface area contributed by atoms with Crippen LogP contribution in [0.5, 0.6) is 11.5 Å². The summed E-state index contributed by atoms with van der Waals surface area (Å²) in [5.41, 5.74) is 2.12. The number of rotatable bonds is 2. The summed E-state index contributed by atoms with van der Waals surface area (Å²) in [7, 11) is 0. The van der Waals surface area contributed by atoms with Crippen LogP contribution in [0.2, 0.25) is 0 Å². The minimum Gasteiger partial charge on any atom is -0.509 e. The molecule has 2 N–H and O–H groups in total. The maximum Gasteiger partial charge on any atom is 2.00 e. The van der Waals surface area contributed by atoms with E-state index in [1.807, 2.05) is 31.2 Å². The van der Waals surface area contributed by atoms with Crippen molar-refractivity contribution < 1.29 is 29.7 Å². The molecular formula is C14H13O2Rh+. The second-order valence-electron chi connectivity index (χ2n) is 3.72. The first-order valence-corrected chi connectivity index (χ1v) is 5.09. The molecule has 0 saturated carbocycles. The fourth-order valence-corrected chi connectivity index (χ4v) is 1.59. The molecule has 2 aromatic rings. The van der Waals surface area contributed by atoms with Crippen LogP contribution in [0.25, 0.3) is 0 Å². The zero-order valence-corrected chi connectivity index (χ0v) is 11.0. The van der Waals surface area contributed by atoms with Gasteiger partial charge >= 0.3 is 19.5 Å². The Labute approximate surface area is 114 Å². The molecule has 17 heavy (non-hydrogen) atoms. The van der Waals surface area contributed by atoms with Crippen LogP contribution >= 0.6 is 0 Å². The molecule has 0 aliphatic rings. The van der Waals surface area contributed by atoms with E-state index in [4.69, 9.17) is 0 Å². The molecule has 0 aliphatic heterocycles. The van der Waals surface area contributed by atoms with Gasteiger partial charge in [-0.2, -0.15) is 0 Å². The molecule has 0 atom stereocenters. The van der Waals surface area contributed by atoms with E-state index in [2.05, 4.69) is 0 Å². The van der Waals surface area contributed by atoms with Gasteiger partial charge in [0, 0.05) is 0 Å². The van der Waals surface area contributed by atoms with E-state index in [0.717, 1.165) is 17.0 Å². The fourth-order valence-electron chi connectivity index (χ4n) is 1.59. The van der Waals surface area contributed by atoms with Gasteiger partial charge in [-0.25, -0.2) is 0 Å². The maximum absolute atomic E-state index is 9.20.